The number of hydrogen-bond donors (Lipinski definition) is 1. The zero-order chi connectivity index (χ0) is 20.8. The molecule has 1 atom stereocenters. The molecule has 6 rings (SSSR count). The number of H-pyrrole nitrogens is 1. The summed E-state index contributed by atoms with van der Waals surface area (Å²) in [6.45, 7) is 2.52. The third-order valence-corrected chi connectivity index (χ3v) is 6.64. The molecule has 1 amide bonds. The minimum absolute atomic E-state index is 0.303. The maximum absolute atomic E-state index is 12.3. The van der Waals surface area contributed by atoms with E-state index in [4.69, 9.17) is 0 Å². The molecule has 1 unspecified atom stereocenters. The summed E-state index contributed by atoms with van der Waals surface area (Å²) < 4.78 is 2.00. The van der Waals surface area contributed by atoms with Gasteiger partial charge in [0.1, 0.15) is 0 Å². The van der Waals surface area contributed by atoms with Gasteiger partial charge in [-0.15, -0.1) is 5.10 Å². The first kappa shape index (κ1) is 18.4. The summed E-state index contributed by atoms with van der Waals surface area (Å²) in [5.41, 5.74) is 5.69. The van der Waals surface area contributed by atoms with Crippen LogP contribution in [0.15, 0.2) is 60.9 Å². The lowest BCUT2D eigenvalue weighted by Gasteiger charge is -2.16. The van der Waals surface area contributed by atoms with Crippen LogP contribution >= 0.6 is 0 Å². The predicted octanol–water partition coefficient (Wildman–Crippen LogP) is 4.35. The van der Waals surface area contributed by atoms with Crippen molar-refractivity contribution in [3.05, 3.63) is 60.9 Å². The molecule has 3 heterocycles. The monoisotopic (exact) mass is 411 g/mol. The molecule has 1 saturated heterocycles. The first-order valence-corrected chi connectivity index (χ1v) is 11.1. The Hall–Kier alpha value is -3.41. The average Bonchev–Trinajstić information content (AvgIpc) is 3.17. The van der Waals surface area contributed by atoms with E-state index in [9.17, 15) is 4.79 Å². The lowest BCUT2D eigenvalue weighted by atomic mass is 10.0. The van der Waals surface area contributed by atoms with E-state index >= 15 is 0 Å². The van der Waals surface area contributed by atoms with Gasteiger partial charge in [-0.05, 0) is 59.9 Å². The van der Waals surface area contributed by atoms with E-state index in [1.807, 2.05) is 17.1 Å². The summed E-state index contributed by atoms with van der Waals surface area (Å²) in [5.74, 6) is 1.10. The van der Waals surface area contributed by atoms with Crippen molar-refractivity contribution in [3.8, 4) is 22.4 Å². The number of carbonyl (C=O) groups excluding carboxylic acids is 1. The summed E-state index contributed by atoms with van der Waals surface area (Å²) in [6.07, 6.45) is 6.99. The van der Waals surface area contributed by atoms with E-state index in [1.54, 1.807) is 0 Å². The number of hydrogen-bond acceptors (Lipinski definition) is 3. The Kier molecular flexibility index (Phi) is 4.37. The van der Waals surface area contributed by atoms with Crippen LogP contribution in [0, 0.1) is 11.8 Å². The maximum Gasteiger partial charge on any atom is 0.225 e. The fraction of sp³-hybridized carbons (Fsp3) is 0.320. The van der Waals surface area contributed by atoms with Crippen LogP contribution < -0.4 is 0 Å². The molecule has 1 aliphatic heterocycles. The van der Waals surface area contributed by atoms with Crippen LogP contribution in [0.2, 0.25) is 0 Å². The number of carbonyl (C=O) groups is 1. The molecule has 1 N–H and O–H groups in total. The maximum atomic E-state index is 12.3. The Morgan fingerprint density at radius 1 is 1.00 bits per heavy atom. The zero-order valence-electron chi connectivity index (χ0n) is 17.4. The number of fused-ring (bicyclic) bond motifs is 1. The molecule has 2 aromatic carbocycles. The van der Waals surface area contributed by atoms with Gasteiger partial charge in [0.25, 0.3) is 0 Å². The first-order valence-electron chi connectivity index (χ1n) is 11.1. The molecule has 6 heteroatoms. The van der Waals surface area contributed by atoms with Crippen molar-refractivity contribution in [2.45, 2.75) is 25.8 Å². The lowest BCUT2D eigenvalue weighted by Crippen LogP contribution is -2.30. The van der Waals surface area contributed by atoms with Crippen LogP contribution in [0.25, 0.3) is 33.3 Å². The lowest BCUT2D eigenvalue weighted by molar-refractivity contribution is -0.131. The van der Waals surface area contributed by atoms with Gasteiger partial charge >= 0.3 is 0 Å². The standard InChI is InChI=1S/C25H25N5O/c31-25(20-5-6-20)29-12-10-17(15-29)16-30-24(14-27-28-30)19-3-1-18(2-4-19)21-7-8-23-22(13-21)9-11-26-23/h1-4,7-9,11,13-14,17,20,26H,5-6,10,12,15-16H2. The topological polar surface area (TPSA) is 66.8 Å². The van der Waals surface area contributed by atoms with Gasteiger partial charge in [0.15, 0.2) is 0 Å². The van der Waals surface area contributed by atoms with E-state index < -0.39 is 0 Å². The molecule has 0 radical (unpaired) electrons. The minimum Gasteiger partial charge on any atom is -0.361 e. The Bertz CT molecular complexity index is 1230. The molecule has 156 valence electrons. The van der Waals surface area contributed by atoms with Gasteiger partial charge < -0.3 is 9.88 Å². The summed E-state index contributed by atoms with van der Waals surface area (Å²) in [6, 6.07) is 17.2. The molecule has 0 spiro atoms. The van der Waals surface area contributed by atoms with Crippen LogP contribution in [0.1, 0.15) is 19.3 Å². The normalized spacial score (nSPS) is 18.7. The van der Waals surface area contributed by atoms with Crippen molar-refractivity contribution in [1.29, 1.82) is 0 Å². The Morgan fingerprint density at radius 3 is 2.65 bits per heavy atom. The molecule has 2 aromatic heterocycles. The van der Waals surface area contributed by atoms with Gasteiger partial charge in [0, 0.05) is 42.8 Å². The van der Waals surface area contributed by atoms with Crippen molar-refractivity contribution in [3.63, 3.8) is 0 Å². The fourth-order valence-electron chi connectivity index (χ4n) is 4.70. The second-order valence-corrected chi connectivity index (χ2v) is 8.87. The number of aromatic amines is 1. The van der Waals surface area contributed by atoms with Crippen LogP contribution in [-0.2, 0) is 11.3 Å². The van der Waals surface area contributed by atoms with Crippen molar-refractivity contribution >= 4 is 16.8 Å². The molecule has 2 aliphatic rings. The van der Waals surface area contributed by atoms with Gasteiger partial charge in [-0.25, -0.2) is 4.68 Å². The van der Waals surface area contributed by atoms with Crippen molar-refractivity contribution in [2.75, 3.05) is 13.1 Å². The SMILES string of the molecule is O=C(C1CC1)N1CCC(Cn2nncc2-c2ccc(-c3ccc4[nH]ccc4c3)cc2)C1. The zero-order valence-corrected chi connectivity index (χ0v) is 17.4. The summed E-state index contributed by atoms with van der Waals surface area (Å²) >= 11 is 0. The van der Waals surface area contributed by atoms with Crippen LogP contribution in [0.3, 0.4) is 0 Å². The van der Waals surface area contributed by atoms with Crippen molar-refractivity contribution in [1.82, 2.24) is 24.9 Å². The third kappa shape index (κ3) is 3.52. The Labute approximate surface area is 180 Å². The van der Waals surface area contributed by atoms with E-state index in [0.717, 1.165) is 55.7 Å². The first-order chi connectivity index (χ1) is 15.2. The number of aromatic nitrogens is 4. The van der Waals surface area contributed by atoms with Crippen LogP contribution in [0.4, 0.5) is 0 Å². The molecule has 6 nitrogen and oxygen atoms in total. The summed E-state index contributed by atoms with van der Waals surface area (Å²) in [5, 5.41) is 9.73. The van der Waals surface area contributed by atoms with Crippen LogP contribution in [0.5, 0.6) is 0 Å². The molecule has 1 aliphatic carbocycles. The molecule has 31 heavy (non-hydrogen) atoms. The highest BCUT2D eigenvalue weighted by atomic mass is 16.2. The molecular formula is C25H25N5O. The van der Waals surface area contributed by atoms with Crippen molar-refractivity contribution < 1.29 is 4.79 Å². The fourth-order valence-corrected chi connectivity index (χ4v) is 4.70. The van der Waals surface area contributed by atoms with Gasteiger partial charge in [-0.1, -0.05) is 35.5 Å². The number of benzene rings is 2. The van der Waals surface area contributed by atoms with Gasteiger partial charge in [-0.2, -0.15) is 0 Å². The summed E-state index contributed by atoms with van der Waals surface area (Å²) in [4.78, 5) is 17.6. The quantitative estimate of drug-likeness (QED) is 0.531. The predicted molar refractivity (Wildman–Crippen MR) is 120 cm³/mol. The number of rotatable bonds is 5. The molecular weight excluding hydrogens is 386 g/mol. The number of amides is 1. The van der Waals surface area contributed by atoms with Crippen molar-refractivity contribution in [2.24, 2.45) is 11.8 Å². The highest BCUT2D eigenvalue weighted by molar-refractivity contribution is 5.85. The van der Waals surface area contributed by atoms with E-state index in [2.05, 4.69) is 68.7 Å². The summed E-state index contributed by atoms with van der Waals surface area (Å²) in [7, 11) is 0. The highest BCUT2D eigenvalue weighted by Gasteiger charge is 2.36. The minimum atomic E-state index is 0.303. The Morgan fingerprint density at radius 2 is 1.81 bits per heavy atom. The highest BCUT2D eigenvalue weighted by Crippen LogP contribution is 2.33. The van der Waals surface area contributed by atoms with Gasteiger partial charge in [-0.3, -0.25) is 4.79 Å². The smallest absolute Gasteiger partial charge is 0.225 e. The van der Waals surface area contributed by atoms with E-state index in [0.29, 0.717) is 17.7 Å². The second-order valence-electron chi connectivity index (χ2n) is 8.87. The molecule has 4 aromatic rings. The van der Waals surface area contributed by atoms with Crippen LogP contribution in [-0.4, -0.2) is 43.9 Å². The second kappa shape index (κ2) is 7.38. The Balaban J connectivity index is 1.18. The molecule has 2 fully saturated rings. The number of nitrogens with zero attached hydrogens (tertiary/aromatic N) is 4. The van der Waals surface area contributed by atoms with E-state index in [-0.39, 0.29) is 0 Å². The van der Waals surface area contributed by atoms with Gasteiger partial charge in [0.2, 0.25) is 5.91 Å². The number of likely N-dealkylation sites (tertiary alicyclic amines) is 1. The molecule has 1 saturated carbocycles. The average molecular weight is 412 g/mol. The van der Waals surface area contributed by atoms with Gasteiger partial charge in [0.05, 0.1) is 11.9 Å². The third-order valence-electron chi connectivity index (χ3n) is 6.64. The van der Waals surface area contributed by atoms with E-state index in [1.165, 1.54) is 16.5 Å². The number of nitrogens with one attached hydrogen (secondary N) is 1. The molecule has 0 bridgehead atoms. The largest absolute Gasteiger partial charge is 0.361 e.